The number of benzene rings is 2. The molecule has 2 aromatic carbocycles. The van der Waals surface area contributed by atoms with E-state index in [1.165, 1.54) is 5.56 Å². The van der Waals surface area contributed by atoms with Crippen molar-refractivity contribution in [1.82, 2.24) is 0 Å². The quantitative estimate of drug-likeness (QED) is 0.485. The van der Waals surface area contributed by atoms with Gasteiger partial charge in [0.2, 0.25) is 0 Å². The van der Waals surface area contributed by atoms with Crippen molar-refractivity contribution in [1.29, 1.82) is 0 Å². The standard InChI is InChI=1S/C18H18F2O/c1-2-3-4-5-14-6-8-15(9-7-14)16-10-12-17(13-11-16)21-18(19)20/h2,6-13,18H,1,3-5H2. The largest absolute Gasteiger partial charge is 0.435 e. The molecule has 0 heterocycles. The number of aryl methyl sites for hydroxylation is 1. The van der Waals surface area contributed by atoms with E-state index >= 15 is 0 Å². The van der Waals surface area contributed by atoms with E-state index < -0.39 is 6.61 Å². The summed E-state index contributed by atoms with van der Waals surface area (Å²) in [6.45, 7) is 0.927. The Balaban J connectivity index is 2.02. The van der Waals surface area contributed by atoms with Crippen LogP contribution in [0.15, 0.2) is 61.2 Å². The third-order valence-electron chi connectivity index (χ3n) is 3.24. The van der Waals surface area contributed by atoms with Crippen LogP contribution in [0.4, 0.5) is 8.78 Å². The van der Waals surface area contributed by atoms with E-state index in [0.717, 1.165) is 30.4 Å². The summed E-state index contributed by atoms with van der Waals surface area (Å²) in [6, 6.07) is 15.0. The summed E-state index contributed by atoms with van der Waals surface area (Å²) < 4.78 is 28.5. The molecule has 0 fully saturated rings. The van der Waals surface area contributed by atoms with Crippen molar-refractivity contribution < 1.29 is 13.5 Å². The van der Waals surface area contributed by atoms with E-state index in [-0.39, 0.29) is 5.75 Å². The van der Waals surface area contributed by atoms with Gasteiger partial charge in [0.1, 0.15) is 5.75 Å². The maximum atomic E-state index is 12.1. The van der Waals surface area contributed by atoms with Gasteiger partial charge in [0.15, 0.2) is 0 Å². The fraction of sp³-hybridized carbons (Fsp3) is 0.222. The number of hydrogen-bond donors (Lipinski definition) is 0. The molecule has 0 atom stereocenters. The highest BCUT2D eigenvalue weighted by Crippen LogP contribution is 2.24. The van der Waals surface area contributed by atoms with Crippen LogP contribution in [0.1, 0.15) is 18.4 Å². The van der Waals surface area contributed by atoms with Crippen molar-refractivity contribution in [3.05, 3.63) is 66.7 Å². The molecular weight excluding hydrogens is 270 g/mol. The molecule has 0 N–H and O–H groups in total. The molecule has 0 aliphatic carbocycles. The van der Waals surface area contributed by atoms with Crippen LogP contribution in [0.3, 0.4) is 0 Å². The first-order valence-electron chi connectivity index (χ1n) is 6.94. The molecule has 0 radical (unpaired) electrons. The van der Waals surface area contributed by atoms with Gasteiger partial charge in [0.25, 0.3) is 0 Å². The smallest absolute Gasteiger partial charge is 0.387 e. The molecule has 0 spiro atoms. The van der Waals surface area contributed by atoms with Crippen molar-refractivity contribution in [2.75, 3.05) is 0 Å². The molecule has 0 saturated carbocycles. The Morgan fingerprint density at radius 1 is 0.952 bits per heavy atom. The molecule has 0 aromatic heterocycles. The number of hydrogen-bond acceptors (Lipinski definition) is 1. The Morgan fingerprint density at radius 2 is 1.52 bits per heavy atom. The third kappa shape index (κ3) is 4.71. The zero-order chi connectivity index (χ0) is 15.1. The van der Waals surface area contributed by atoms with E-state index in [1.807, 2.05) is 18.2 Å². The van der Waals surface area contributed by atoms with Crippen LogP contribution in [0, 0.1) is 0 Å². The number of alkyl halides is 2. The molecule has 0 saturated heterocycles. The maximum Gasteiger partial charge on any atom is 0.387 e. The van der Waals surface area contributed by atoms with Gasteiger partial charge in [-0.05, 0) is 48.1 Å². The van der Waals surface area contributed by atoms with Crippen LogP contribution in [0.2, 0.25) is 0 Å². The highest BCUT2D eigenvalue weighted by atomic mass is 19.3. The van der Waals surface area contributed by atoms with Crippen LogP contribution in [0.25, 0.3) is 11.1 Å². The summed E-state index contributed by atoms with van der Waals surface area (Å²) in [5.74, 6) is 0.176. The van der Waals surface area contributed by atoms with Gasteiger partial charge < -0.3 is 4.74 Å². The second-order valence-corrected chi connectivity index (χ2v) is 4.78. The molecule has 0 unspecified atom stereocenters. The molecule has 3 heteroatoms. The molecule has 21 heavy (non-hydrogen) atoms. The Kier molecular flexibility index (Phi) is 5.50. The Morgan fingerprint density at radius 3 is 2.05 bits per heavy atom. The lowest BCUT2D eigenvalue weighted by atomic mass is 10.0. The van der Waals surface area contributed by atoms with Crippen LogP contribution < -0.4 is 4.74 Å². The Labute approximate surface area is 123 Å². The Hall–Kier alpha value is -2.16. The Bertz CT molecular complexity index is 559. The molecular formula is C18H18F2O. The third-order valence-corrected chi connectivity index (χ3v) is 3.24. The fourth-order valence-corrected chi connectivity index (χ4v) is 2.14. The monoisotopic (exact) mass is 288 g/mol. The number of rotatable bonds is 7. The first-order chi connectivity index (χ1) is 10.2. The van der Waals surface area contributed by atoms with E-state index in [0.29, 0.717) is 0 Å². The number of unbranched alkanes of at least 4 members (excludes halogenated alkanes) is 1. The predicted molar refractivity (Wildman–Crippen MR) is 81.6 cm³/mol. The SMILES string of the molecule is C=CCCCc1ccc(-c2ccc(OC(F)F)cc2)cc1. The molecule has 1 nitrogen and oxygen atoms in total. The lowest BCUT2D eigenvalue weighted by Crippen LogP contribution is -2.01. The minimum Gasteiger partial charge on any atom is -0.435 e. The van der Waals surface area contributed by atoms with Gasteiger partial charge in [-0.25, -0.2) is 0 Å². The van der Waals surface area contributed by atoms with Crippen molar-refractivity contribution in [2.45, 2.75) is 25.9 Å². The average molecular weight is 288 g/mol. The summed E-state index contributed by atoms with van der Waals surface area (Å²) >= 11 is 0. The summed E-state index contributed by atoms with van der Waals surface area (Å²) in [4.78, 5) is 0. The number of ether oxygens (including phenoxy) is 1. The topological polar surface area (TPSA) is 9.23 Å². The second-order valence-electron chi connectivity index (χ2n) is 4.78. The lowest BCUT2D eigenvalue weighted by Gasteiger charge is -2.07. The van der Waals surface area contributed by atoms with Crippen LogP contribution in [0.5, 0.6) is 5.75 Å². The van der Waals surface area contributed by atoms with Crippen molar-refractivity contribution >= 4 is 0 Å². The maximum absolute atomic E-state index is 12.1. The molecule has 0 aliphatic heterocycles. The van der Waals surface area contributed by atoms with E-state index in [4.69, 9.17) is 0 Å². The van der Waals surface area contributed by atoms with Crippen molar-refractivity contribution in [2.24, 2.45) is 0 Å². The predicted octanol–water partition coefficient (Wildman–Crippen LogP) is 5.46. The molecule has 0 bridgehead atoms. The van der Waals surface area contributed by atoms with Gasteiger partial charge in [-0.15, -0.1) is 6.58 Å². The van der Waals surface area contributed by atoms with E-state index in [9.17, 15) is 8.78 Å². The highest BCUT2D eigenvalue weighted by Gasteiger charge is 2.04. The first kappa shape index (κ1) is 15.2. The van der Waals surface area contributed by atoms with E-state index in [2.05, 4.69) is 23.4 Å². The van der Waals surface area contributed by atoms with Gasteiger partial charge in [-0.2, -0.15) is 8.78 Å². The first-order valence-corrected chi connectivity index (χ1v) is 6.94. The summed E-state index contributed by atoms with van der Waals surface area (Å²) in [7, 11) is 0. The van der Waals surface area contributed by atoms with Crippen molar-refractivity contribution in [3.8, 4) is 16.9 Å². The zero-order valence-corrected chi connectivity index (χ0v) is 11.8. The van der Waals surface area contributed by atoms with Gasteiger partial charge in [0, 0.05) is 0 Å². The molecule has 0 aliphatic rings. The minimum absolute atomic E-state index is 0.176. The van der Waals surface area contributed by atoms with Crippen LogP contribution in [-0.2, 0) is 6.42 Å². The van der Waals surface area contributed by atoms with Gasteiger partial charge in [-0.3, -0.25) is 0 Å². The van der Waals surface area contributed by atoms with Crippen LogP contribution >= 0.6 is 0 Å². The summed E-state index contributed by atoms with van der Waals surface area (Å²) in [5, 5.41) is 0. The molecule has 110 valence electrons. The summed E-state index contributed by atoms with van der Waals surface area (Å²) in [5.41, 5.74) is 3.33. The summed E-state index contributed by atoms with van der Waals surface area (Å²) in [6.07, 6.45) is 5.08. The van der Waals surface area contributed by atoms with Crippen molar-refractivity contribution in [3.63, 3.8) is 0 Å². The molecule has 0 amide bonds. The van der Waals surface area contributed by atoms with Crippen LogP contribution in [-0.4, -0.2) is 6.61 Å². The minimum atomic E-state index is -2.79. The van der Waals surface area contributed by atoms with Gasteiger partial charge in [-0.1, -0.05) is 42.5 Å². The normalized spacial score (nSPS) is 10.6. The molecule has 2 rings (SSSR count). The van der Waals surface area contributed by atoms with Gasteiger partial charge >= 0.3 is 6.61 Å². The highest BCUT2D eigenvalue weighted by molar-refractivity contribution is 5.64. The zero-order valence-electron chi connectivity index (χ0n) is 11.8. The lowest BCUT2D eigenvalue weighted by molar-refractivity contribution is -0.0498. The van der Waals surface area contributed by atoms with E-state index in [1.54, 1.807) is 24.3 Å². The average Bonchev–Trinajstić information content (AvgIpc) is 2.49. The fourth-order valence-electron chi connectivity index (χ4n) is 2.14. The number of halogens is 2. The second kappa shape index (κ2) is 7.58. The molecule has 2 aromatic rings. The van der Waals surface area contributed by atoms with Gasteiger partial charge in [0.05, 0.1) is 0 Å². The number of allylic oxidation sites excluding steroid dienone is 1.